The van der Waals surface area contributed by atoms with Gasteiger partial charge in [0.25, 0.3) is 15.9 Å². The molecule has 0 saturated carbocycles. The van der Waals surface area contributed by atoms with Crippen LogP contribution >= 0.6 is 0 Å². The summed E-state index contributed by atoms with van der Waals surface area (Å²) in [4.78, 5) is 11.5. The van der Waals surface area contributed by atoms with E-state index in [1.807, 2.05) is 6.07 Å². The molecule has 2 aromatic carbocycles. The first-order valence-electron chi connectivity index (χ1n) is 7.03. The number of rotatable bonds is 5. The lowest BCUT2D eigenvalue weighted by molar-refractivity contribution is 0.0977. The summed E-state index contributed by atoms with van der Waals surface area (Å²) in [7, 11) is -3.85. The summed E-state index contributed by atoms with van der Waals surface area (Å²) < 4.78 is 32.3. The van der Waals surface area contributed by atoms with Gasteiger partial charge in [0.2, 0.25) is 5.76 Å². The Bertz CT molecular complexity index is 1020. The molecule has 0 spiro atoms. The molecular formula is C17H14N2O4S. The predicted octanol–water partition coefficient (Wildman–Crippen LogP) is 2.94. The van der Waals surface area contributed by atoms with Gasteiger partial charge in [0.1, 0.15) is 11.3 Å². The number of anilines is 1. The van der Waals surface area contributed by atoms with Crippen LogP contribution in [0, 0.1) is 0 Å². The van der Waals surface area contributed by atoms with Crippen LogP contribution in [0.2, 0.25) is 0 Å². The van der Waals surface area contributed by atoms with Gasteiger partial charge in [-0.25, -0.2) is 8.42 Å². The first-order valence-corrected chi connectivity index (χ1v) is 8.58. The summed E-state index contributed by atoms with van der Waals surface area (Å²) in [5, 5.41) is 1.48. The Labute approximate surface area is 138 Å². The molecule has 0 fully saturated rings. The molecule has 0 atom stereocenters. The van der Waals surface area contributed by atoms with Crippen LogP contribution in [0.3, 0.4) is 0 Å². The fourth-order valence-corrected chi connectivity index (χ4v) is 3.12. The first-order chi connectivity index (χ1) is 11.5. The minimum absolute atomic E-state index is 0.0378. The Morgan fingerprint density at radius 2 is 1.71 bits per heavy atom. The van der Waals surface area contributed by atoms with Gasteiger partial charge in [0, 0.05) is 5.39 Å². The van der Waals surface area contributed by atoms with E-state index in [2.05, 4.69) is 4.72 Å². The zero-order valence-electron chi connectivity index (χ0n) is 12.5. The maximum atomic E-state index is 12.3. The number of hydrogen-bond acceptors (Lipinski definition) is 4. The highest BCUT2D eigenvalue weighted by atomic mass is 32.2. The third kappa shape index (κ3) is 3.31. The van der Waals surface area contributed by atoms with Crippen LogP contribution in [-0.4, -0.2) is 14.3 Å². The molecule has 3 N–H and O–H groups in total. The molecule has 0 aliphatic rings. The van der Waals surface area contributed by atoms with Crippen molar-refractivity contribution >= 4 is 38.7 Å². The number of sulfonamides is 1. The lowest BCUT2D eigenvalue weighted by Crippen LogP contribution is -2.15. The molecule has 1 amide bonds. The van der Waals surface area contributed by atoms with Gasteiger partial charge in [-0.05, 0) is 23.8 Å². The number of carbonyl (C=O) groups excluding carboxylic acids is 1. The summed E-state index contributed by atoms with van der Waals surface area (Å²) in [6, 6.07) is 15.7. The van der Waals surface area contributed by atoms with Crippen molar-refractivity contribution in [2.45, 2.75) is 0 Å². The lowest BCUT2D eigenvalue weighted by Gasteiger charge is -2.04. The molecule has 0 radical (unpaired) electrons. The minimum Gasteiger partial charge on any atom is -0.449 e. The van der Waals surface area contributed by atoms with E-state index in [1.54, 1.807) is 48.5 Å². The quantitative estimate of drug-likeness (QED) is 0.744. The van der Waals surface area contributed by atoms with Crippen LogP contribution < -0.4 is 10.5 Å². The van der Waals surface area contributed by atoms with Gasteiger partial charge in [-0.1, -0.05) is 42.5 Å². The summed E-state index contributed by atoms with van der Waals surface area (Å²) >= 11 is 0. The fraction of sp³-hybridized carbons (Fsp3) is 0. The highest BCUT2D eigenvalue weighted by molar-refractivity contribution is 7.95. The number of hydrogen-bond donors (Lipinski definition) is 2. The molecule has 1 aromatic heterocycles. The van der Waals surface area contributed by atoms with E-state index in [4.69, 9.17) is 10.2 Å². The maximum absolute atomic E-state index is 12.3. The van der Waals surface area contributed by atoms with Crippen molar-refractivity contribution in [1.82, 2.24) is 0 Å². The number of primary amides is 1. The molecule has 0 saturated heterocycles. The number of nitrogens with two attached hydrogens (primary N) is 1. The van der Waals surface area contributed by atoms with Gasteiger partial charge in [0.15, 0.2) is 0 Å². The topological polar surface area (TPSA) is 102 Å². The van der Waals surface area contributed by atoms with Crippen molar-refractivity contribution in [3.8, 4) is 0 Å². The van der Waals surface area contributed by atoms with Crippen LogP contribution in [0.5, 0.6) is 0 Å². The van der Waals surface area contributed by atoms with Crippen LogP contribution in [0.1, 0.15) is 16.1 Å². The standard InChI is InChI=1S/C17H14N2O4S/c18-17(20)16-15(13-8-4-5-9-14(13)23-16)19-24(21,22)11-10-12-6-2-1-3-7-12/h1-11,19H,(H2,18,20)/b11-10+. The molecule has 122 valence electrons. The molecule has 3 aromatic rings. The molecule has 3 rings (SSSR count). The van der Waals surface area contributed by atoms with Gasteiger partial charge in [-0.2, -0.15) is 0 Å². The van der Waals surface area contributed by atoms with Crippen LogP contribution in [-0.2, 0) is 10.0 Å². The van der Waals surface area contributed by atoms with E-state index in [0.29, 0.717) is 11.0 Å². The fourth-order valence-electron chi connectivity index (χ4n) is 2.23. The Morgan fingerprint density at radius 1 is 1.04 bits per heavy atom. The van der Waals surface area contributed by atoms with E-state index in [9.17, 15) is 13.2 Å². The normalized spacial score (nSPS) is 11.8. The van der Waals surface area contributed by atoms with Crippen LogP contribution in [0.25, 0.3) is 17.0 Å². The number of fused-ring (bicyclic) bond motifs is 1. The lowest BCUT2D eigenvalue weighted by atomic mass is 10.2. The molecule has 24 heavy (non-hydrogen) atoms. The minimum atomic E-state index is -3.85. The second-order valence-corrected chi connectivity index (χ2v) is 6.59. The van der Waals surface area contributed by atoms with Gasteiger partial charge in [-0.3, -0.25) is 9.52 Å². The van der Waals surface area contributed by atoms with Crippen LogP contribution in [0.15, 0.2) is 64.4 Å². The second kappa shape index (κ2) is 6.21. The summed E-state index contributed by atoms with van der Waals surface area (Å²) in [6.07, 6.45) is 1.45. The van der Waals surface area contributed by atoms with E-state index in [1.165, 1.54) is 6.08 Å². The Balaban J connectivity index is 1.98. The predicted molar refractivity (Wildman–Crippen MR) is 92.8 cm³/mol. The Morgan fingerprint density at radius 3 is 2.42 bits per heavy atom. The number of para-hydroxylation sites is 1. The van der Waals surface area contributed by atoms with Crippen molar-refractivity contribution in [2.75, 3.05) is 4.72 Å². The summed E-state index contributed by atoms with van der Waals surface area (Å²) in [6.45, 7) is 0. The van der Waals surface area contributed by atoms with Gasteiger partial charge in [-0.15, -0.1) is 0 Å². The largest absolute Gasteiger partial charge is 0.449 e. The van der Waals surface area contributed by atoms with Gasteiger partial charge >= 0.3 is 0 Å². The number of furan rings is 1. The average Bonchev–Trinajstić information content (AvgIpc) is 2.93. The molecule has 7 heteroatoms. The van der Waals surface area contributed by atoms with E-state index in [-0.39, 0.29) is 11.4 Å². The van der Waals surface area contributed by atoms with Crippen molar-refractivity contribution in [2.24, 2.45) is 5.73 Å². The SMILES string of the molecule is NC(=O)c1oc2ccccc2c1NS(=O)(=O)/C=C/c1ccccc1. The van der Waals surface area contributed by atoms with Gasteiger partial charge < -0.3 is 10.2 Å². The van der Waals surface area contributed by atoms with Crippen molar-refractivity contribution < 1.29 is 17.6 Å². The summed E-state index contributed by atoms with van der Waals surface area (Å²) in [5.74, 6) is -1.08. The molecule has 0 aliphatic carbocycles. The molecule has 6 nitrogen and oxygen atoms in total. The van der Waals surface area contributed by atoms with E-state index >= 15 is 0 Å². The average molecular weight is 342 g/mol. The third-order valence-electron chi connectivity index (χ3n) is 3.30. The molecule has 0 unspecified atom stereocenters. The van der Waals surface area contributed by atoms with E-state index in [0.717, 1.165) is 11.0 Å². The highest BCUT2D eigenvalue weighted by Gasteiger charge is 2.21. The second-order valence-electron chi connectivity index (χ2n) is 5.03. The summed E-state index contributed by atoms with van der Waals surface area (Å²) in [5.41, 5.74) is 6.42. The number of benzene rings is 2. The monoisotopic (exact) mass is 342 g/mol. The first kappa shape index (κ1) is 15.8. The smallest absolute Gasteiger partial charge is 0.286 e. The van der Waals surface area contributed by atoms with Gasteiger partial charge in [0.05, 0.1) is 5.41 Å². The van der Waals surface area contributed by atoms with Crippen molar-refractivity contribution in [1.29, 1.82) is 0 Å². The van der Waals surface area contributed by atoms with Crippen molar-refractivity contribution in [3.63, 3.8) is 0 Å². The number of amides is 1. The Kier molecular flexibility index (Phi) is 4.09. The number of nitrogens with one attached hydrogen (secondary N) is 1. The Hall–Kier alpha value is -3.06. The highest BCUT2D eigenvalue weighted by Crippen LogP contribution is 2.31. The zero-order chi connectivity index (χ0) is 17.2. The van der Waals surface area contributed by atoms with Crippen LogP contribution in [0.4, 0.5) is 5.69 Å². The maximum Gasteiger partial charge on any atom is 0.286 e. The third-order valence-corrected chi connectivity index (χ3v) is 4.29. The molecule has 0 bridgehead atoms. The van der Waals surface area contributed by atoms with Crippen molar-refractivity contribution in [3.05, 3.63) is 71.3 Å². The molecule has 0 aliphatic heterocycles. The molecule has 1 heterocycles. The van der Waals surface area contributed by atoms with E-state index < -0.39 is 15.9 Å². The molecular weight excluding hydrogens is 328 g/mol. The zero-order valence-corrected chi connectivity index (χ0v) is 13.3. The number of carbonyl (C=O) groups is 1.